The highest BCUT2D eigenvalue weighted by molar-refractivity contribution is 7.99. The Morgan fingerprint density at radius 1 is 0.967 bits per heavy atom. The Morgan fingerprint density at radius 3 is 2.53 bits per heavy atom. The van der Waals surface area contributed by atoms with Crippen molar-refractivity contribution in [3.63, 3.8) is 0 Å². The van der Waals surface area contributed by atoms with Gasteiger partial charge in [0.1, 0.15) is 5.52 Å². The Bertz CT molecular complexity index is 1160. The minimum Gasteiger partial charge on any atom is -0.355 e. The first kappa shape index (κ1) is 18.9. The normalized spacial score (nSPS) is 17.1. The Labute approximate surface area is 179 Å². The summed E-state index contributed by atoms with van der Waals surface area (Å²) in [6.45, 7) is 1.53. The fraction of sp³-hybridized carbons (Fsp3) is 0.200. The smallest absolute Gasteiger partial charge is 0.253 e. The van der Waals surface area contributed by atoms with Gasteiger partial charge in [-0.2, -0.15) is 11.8 Å². The zero-order chi connectivity index (χ0) is 20.3. The van der Waals surface area contributed by atoms with E-state index in [2.05, 4.69) is 29.4 Å². The minimum absolute atomic E-state index is 0.0754. The molecule has 0 saturated carbocycles. The van der Waals surface area contributed by atoms with Gasteiger partial charge in [-0.3, -0.25) is 4.79 Å². The number of carbonyl (C=O) groups excluding carboxylic acids is 1. The summed E-state index contributed by atoms with van der Waals surface area (Å²) in [5, 5.41) is 5.48. The van der Waals surface area contributed by atoms with Gasteiger partial charge in [0.05, 0.1) is 5.39 Å². The molecule has 4 nitrogen and oxygen atoms in total. The van der Waals surface area contributed by atoms with E-state index in [1.54, 1.807) is 0 Å². The molecule has 0 bridgehead atoms. The van der Waals surface area contributed by atoms with E-state index < -0.39 is 0 Å². The lowest BCUT2D eigenvalue weighted by Crippen LogP contribution is -2.32. The average molecular weight is 415 g/mol. The van der Waals surface area contributed by atoms with E-state index in [9.17, 15) is 4.79 Å². The van der Waals surface area contributed by atoms with Crippen molar-refractivity contribution in [3.8, 4) is 11.3 Å². The average Bonchev–Trinajstić information content (AvgIpc) is 3.07. The van der Waals surface area contributed by atoms with Crippen molar-refractivity contribution < 1.29 is 9.32 Å². The van der Waals surface area contributed by atoms with Crippen LogP contribution in [0.3, 0.4) is 0 Å². The maximum absolute atomic E-state index is 13.3. The van der Waals surface area contributed by atoms with E-state index in [0.29, 0.717) is 16.6 Å². The van der Waals surface area contributed by atoms with Gasteiger partial charge in [0.2, 0.25) is 0 Å². The van der Waals surface area contributed by atoms with Gasteiger partial charge in [-0.15, -0.1) is 0 Å². The highest BCUT2D eigenvalue weighted by Gasteiger charge is 2.23. The van der Waals surface area contributed by atoms with Crippen LogP contribution in [0.2, 0.25) is 0 Å². The van der Waals surface area contributed by atoms with Crippen molar-refractivity contribution in [1.82, 2.24) is 10.1 Å². The second kappa shape index (κ2) is 8.36. The lowest BCUT2D eigenvalue weighted by atomic mass is 10.1. The Morgan fingerprint density at radius 2 is 1.73 bits per heavy atom. The van der Waals surface area contributed by atoms with Crippen LogP contribution in [0, 0.1) is 0 Å². The number of rotatable bonds is 3. The summed E-state index contributed by atoms with van der Waals surface area (Å²) >= 11 is 1.94. The lowest BCUT2D eigenvalue weighted by molar-refractivity contribution is 0.0767. The zero-order valence-corrected chi connectivity index (χ0v) is 17.3. The molecule has 5 heteroatoms. The molecular weight excluding hydrogens is 392 g/mol. The van der Waals surface area contributed by atoms with Crippen molar-refractivity contribution in [3.05, 3.63) is 90.0 Å². The number of hydrogen-bond donors (Lipinski definition) is 0. The van der Waals surface area contributed by atoms with Gasteiger partial charge in [0, 0.05) is 35.2 Å². The molecule has 1 amide bonds. The number of amides is 1. The molecule has 1 atom stereocenters. The molecule has 0 aliphatic carbocycles. The predicted molar refractivity (Wildman–Crippen MR) is 122 cm³/mol. The summed E-state index contributed by atoms with van der Waals surface area (Å²) in [7, 11) is 0. The zero-order valence-electron chi connectivity index (χ0n) is 16.5. The number of nitrogens with zero attached hydrogens (tertiary/aromatic N) is 2. The summed E-state index contributed by atoms with van der Waals surface area (Å²) in [6.07, 6.45) is 0.963. The van der Waals surface area contributed by atoms with Crippen molar-refractivity contribution in [2.45, 2.75) is 11.7 Å². The summed E-state index contributed by atoms with van der Waals surface area (Å²) in [6, 6.07) is 26.1. The quantitative estimate of drug-likeness (QED) is 0.424. The lowest BCUT2D eigenvalue weighted by Gasteiger charge is -2.20. The van der Waals surface area contributed by atoms with Crippen LogP contribution in [0.15, 0.2) is 83.4 Å². The van der Waals surface area contributed by atoms with Gasteiger partial charge < -0.3 is 9.42 Å². The van der Waals surface area contributed by atoms with Gasteiger partial charge in [0.25, 0.3) is 5.91 Å². The van der Waals surface area contributed by atoms with Gasteiger partial charge >= 0.3 is 0 Å². The largest absolute Gasteiger partial charge is 0.355 e. The highest BCUT2D eigenvalue weighted by Crippen LogP contribution is 2.35. The molecule has 1 saturated heterocycles. The van der Waals surface area contributed by atoms with E-state index in [1.807, 2.05) is 71.3 Å². The van der Waals surface area contributed by atoms with E-state index >= 15 is 0 Å². The van der Waals surface area contributed by atoms with E-state index in [0.717, 1.165) is 41.7 Å². The van der Waals surface area contributed by atoms with Crippen LogP contribution >= 0.6 is 11.8 Å². The molecule has 3 aromatic carbocycles. The van der Waals surface area contributed by atoms with Crippen LogP contribution in [0.5, 0.6) is 0 Å². The number of aromatic nitrogens is 1. The van der Waals surface area contributed by atoms with Crippen LogP contribution in [0.25, 0.3) is 22.2 Å². The number of benzene rings is 3. The van der Waals surface area contributed by atoms with E-state index in [4.69, 9.17) is 4.52 Å². The molecule has 150 valence electrons. The van der Waals surface area contributed by atoms with E-state index in [1.165, 1.54) is 5.56 Å². The fourth-order valence-corrected chi connectivity index (χ4v) is 5.19. The first-order valence-electron chi connectivity index (χ1n) is 10.2. The van der Waals surface area contributed by atoms with Gasteiger partial charge in [0.15, 0.2) is 5.76 Å². The van der Waals surface area contributed by atoms with E-state index in [-0.39, 0.29) is 5.91 Å². The van der Waals surface area contributed by atoms with Crippen LogP contribution in [-0.2, 0) is 0 Å². The molecule has 0 radical (unpaired) electrons. The number of thioether (sulfide) groups is 1. The maximum Gasteiger partial charge on any atom is 0.253 e. The van der Waals surface area contributed by atoms with Crippen LogP contribution in [0.1, 0.15) is 27.6 Å². The predicted octanol–water partition coefficient (Wildman–Crippen LogP) is 5.82. The Kier molecular flexibility index (Phi) is 5.28. The third kappa shape index (κ3) is 3.73. The van der Waals surface area contributed by atoms with Crippen LogP contribution in [-0.4, -0.2) is 34.8 Å². The molecule has 1 aromatic heterocycles. The highest BCUT2D eigenvalue weighted by atomic mass is 32.2. The molecule has 1 fully saturated rings. The van der Waals surface area contributed by atoms with Crippen molar-refractivity contribution in [1.29, 1.82) is 0 Å². The summed E-state index contributed by atoms with van der Waals surface area (Å²) in [4.78, 5) is 15.3. The third-order valence-corrected chi connectivity index (χ3v) is 6.89. The van der Waals surface area contributed by atoms with Crippen molar-refractivity contribution in [2.75, 3.05) is 18.8 Å². The van der Waals surface area contributed by atoms with Crippen molar-refractivity contribution >= 4 is 28.6 Å². The fourth-order valence-electron chi connectivity index (χ4n) is 3.96. The third-order valence-electron chi connectivity index (χ3n) is 5.56. The van der Waals surface area contributed by atoms with Crippen LogP contribution < -0.4 is 0 Å². The molecule has 1 aliphatic rings. The molecule has 5 rings (SSSR count). The first-order chi connectivity index (χ1) is 14.8. The number of hydrogen-bond acceptors (Lipinski definition) is 4. The molecule has 0 spiro atoms. The molecule has 0 N–H and O–H groups in total. The minimum atomic E-state index is 0.0754. The van der Waals surface area contributed by atoms with Gasteiger partial charge in [-0.1, -0.05) is 65.8 Å². The van der Waals surface area contributed by atoms with Crippen LogP contribution in [0.4, 0.5) is 0 Å². The molecular formula is C25H22N2O2S. The Balaban J connectivity index is 1.38. The molecule has 1 aliphatic heterocycles. The summed E-state index contributed by atoms with van der Waals surface area (Å²) in [5.74, 6) is 1.72. The summed E-state index contributed by atoms with van der Waals surface area (Å²) < 4.78 is 5.59. The molecule has 2 heterocycles. The topological polar surface area (TPSA) is 46.3 Å². The number of carbonyl (C=O) groups is 1. The molecule has 0 unspecified atom stereocenters. The molecule has 30 heavy (non-hydrogen) atoms. The van der Waals surface area contributed by atoms with Gasteiger partial charge in [-0.05, 0) is 30.2 Å². The second-order valence-electron chi connectivity index (χ2n) is 7.46. The Hall–Kier alpha value is -3.05. The summed E-state index contributed by atoms with van der Waals surface area (Å²) in [5.41, 5.74) is 3.75. The standard InChI is InChI=1S/C25H22N2O2S/c28-25(27-14-13-23(30-16-15-27)18-7-3-1-4-8-18)20-11-12-22-21(17-20)24(29-26-22)19-9-5-2-6-10-19/h1-12,17,23H,13-16H2/t23-/m0/s1. The first-order valence-corrected chi connectivity index (χ1v) is 11.2. The van der Waals surface area contributed by atoms with Crippen molar-refractivity contribution in [2.24, 2.45) is 0 Å². The monoisotopic (exact) mass is 414 g/mol. The molecule has 4 aromatic rings. The SMILES string of the molecule is O=C(c1ccc2noc(-c3ccccc3)c2c1)N1CCS[C@H](c2ccccc2)CC1. The van der Waals surface area contributed by atoms with Gasteiger partial charge in [-0.25, -0.2) is 0 Å². The maximum atomic E-state index is 13.3. The second-order valence-corrected chi connectivity index (χ2v) is 8.77. The number of fused-ring (bicyclic) bond motifs is 1.